The summed E-state index contributed by atoms with van der Waals surface area (Å²) in [6.45, 7) is 6.94. The summed E-state index contributed by atoms with van der Waals surface area (Å²) in [7, 11) is 1.54. The largest absolute Gasteiger partial charge is 0.495 e. The molecule has 1 N–H and O–H groups in total. The second kappa shape index (κ2) is 9.73. The number of fused-ring (bicyclic) bond motifs is 1. The van der Waals surface area contributed by atoms with Gasteiger partial charge >= 0.3 is 5.69 Å². The van der Waals surface area contributed by atoms with Crippen molar-refractivity contribution in [3.8, 4) is 5.75 Å². The number of carbonyl (C=O) groups is 1. The van der Waals surface area contributed by atoms with E-state index in [4.69, 9.17) is 4.74 Å². The third kappa shape index (κ3) is 4.61. The number of hydrogen-bond donors (Lipinski definition) is 1. The SMILES string of the molecule is COc1ccc(C)cc1NC(=O)Cn1nc2c(N3CCN(c4ccc(C)cc4)CC3)nccn2c1=O. The van der Waals surface area contributed by atoms with Gasteiger partial charge in [-0.05, 0) is 43.7 Å². The van der Waals surface area contributed by atoms with Gasteiger partial charge in [-0.1, -0.05) is 23.8 Å². The number of ether oxygens (including phenoxy) is 1. The van der Waals surface area contributed by atoms with Crippen LogP contribution in [0.1, 0.15) is 11.1 Å². The Kier molecular flexibility index (Phi) is 6.32. The smallest absolute Gasteiger partial charge is 0.350 e. The lowest BCUT2D eigenvalue weighted by Crippen LogP contribution is -2.47. The molecule has 2 aromatic heterocycles. The van der Waals surface area contributed by atoms with Gasteiger partial charge in [0.1, 0.15) is 12.3 Å². The van der Waals surface area contributed by atoms with Gasteiger partial charge in [0.15, 0.2) is 5.82 Å². The van der Waals surface area contributed by atoms with Crippen LogP contribution >= 0.6 is 0 Å². The van der Waals surface area contributed by atoms with Crippen LogP contribution in [0.3, 0.4) is 0 Å². The molecular weight excluding hydrogens is 458 g/mol. The molecule has 0 radical (unpaired) electrons. The summed E-state index contributed by atoms with van der Waals surface area (Å²) in [5.41, 5.74) is 4.01. The van der Waals surface area contributed by atoms with Gasteiger partial charge in [0.05, 0.1) is 12.8 Å². The Morgan fingerprint density at radius 2 is 1.69 bits per heavy atom. The van der Waals surface area contributed by atoms with E-state index in [-0.39, 0.29) is 12.5 Å². The first-order valence-electron chi connectivity index (χ1n) is 11.9. The summed E-state index contributed by atoms with van der Waals surface area (Å²) in [6.07, 6.45) is 3.18. The van der Waals surface area contributed by atoms with Crippen molar-refractivity contribution in [3.05, 3.63) is 76.5 Å². The molecule has 0 aliphatic carbocycles. The van der Waals surface area contributed by atoms with Gasteiger partial charge in [-0.2, -0.15) is 0 Å². The quantitative estimate of drug-likeness (QED) is 0.446. The van der Waals surface area contributed by atoms with Crippen molar-refractivity contribution in [3.63, 3.8) is 0 Å². The first-order chi connectivity index (χ1) is 17.4. The highest BCUT2D eigenvalue weighted by Gasteiger charge is 2.23. The summed E-state index contributed by atoms with van der Waals surface area (Å²) < 4.78 is 7.93. The fourth-order valence-corrected chi connectivity index (χ4v) is 4.44. The maximum absolute atomic E-state index is 13.0. The van der Waals surface area contributed by atoms with E-state index in [0.717, 1.165) is 31.7 Å². The highest BCUT2D eigenvalue weighted by molar-refractivity contribution is 5.92. The third-order valence-corrected chi connectivity index (χ3v) is 6.38. The van der Waals surface area contributed by atoms with E-state index in [1.54, 1.807) is 25.6 Å². The average molecular weight is 488 g/mol. The highest BCUT2D eigenvalue weighted by atomic mass is 16.5. The molecule has 0 atom stereocenters. The van der Waals surface area contributed by atoms with Crippen LogP contribution in [0.2, 0.25) is 0 Å². The standard InChI is InChI=1S/C26H29N7O3/c1-18-4-7-20(8-5-18)30-12-14-31(15-13-30)24-25-29-33(26(35)32(25)11-10-27-24)17-23(34)28-21-16-19(2)6-9-22(21)36-3/h4-11,16H,12-15,17H2,1-3H3,(H,28,34). The van der Waals surface area contributed by atoms with Gasteiger partial charge in [0.25, 0.3) is 0 Å². The number of amides is 1. The van der Waals surface area contributed by atoms with Gasteiger partial charge in [-0.15, -0.1) is 5.10 Å². The molecule has 4 aromatic rings. The predicted molar refractivity (Wildman–Crippen MR) is 139 cm³/mol. The van der Waals surface area contributed by atoms with Crippen LogP contribution < -0.4 is 25.5 Å². The highest BCUT2D eigenvalue weighted by Crippen LogP contribution is 2.25. The molecule has 3 heterocycles. The molecule has 1 aliphatic rings. The summed E-state index contributed by atoms with van der Waals surface area (Å²) in [5.74, 6) is 0.816. The van der Waals surface area contributed by atoms with Crippen LogP contribution in [0.5, 0.6) is 5.75 Å². The molecule has 5 rings (SSSR count). The summed E-state index contributed by atoms with van der Waals surface area (Å²) in [5, 5.41) is 7.29. The number of benzene rings is 2. The van der Waals surface area contributed by atoms with Gasteiger partial charge in [-0.25, -0.2) is 18.9 Å². The van der Waals surface area contributed by atoms with Gasteiger partial charge in [0.2, 0.25) is 11.6 Å². The molecule has 0 unspecified atom stereocenters. The molecule has 1 aliphatic heterocycles. The molecule has 1 amide bonds. The van der Waals surface area contributed by atoms with Crippen LogP contribution in [0.25, 0.3) is 5.65 Å². The average Bonchev–Trinajstić information content (AvgIpc) is 3.20. The van der Waals surface area contributed by atoms with E-state index in [9.17, 15) is 9.59 Å². The minimum atomic E-state index is -0.390. The van der Waals surface area contributed by atoms with Crippen molar-refractivity contribution in [2.75, 3.05) is 48.4 Å². The molecule has 2 aromatic carbocycles. The Hall–Kier alpha value is -4.34. The van der Waals surface area contributed by atoms with Crippen molar-refractivity contribution in [1.29, 1.82) is 0 Å². The van der Waals surface area contributed by atoms with Gasteiger partial charge in [0, 0.05) is 44.3 Å². The van der Waals surface area contributed by atoms with Gasteiger partial charge in [-0.3, -0.25) is 4.79 Å². The van der Waals surface area contributed by atoms with Crippen LogP contribution in [0, 0.1) is 13.8 Å². The van der Waals surface area contributed by atoms with Crippen molar-refractivity contribution >= 4 is 28.7 Å². The molecule has 0 bridgehead atoms. The lowest BCUT2D eigenvalue weighted by molar-refractivity contribution is -0.117. The fourth-order valence-electron chi connectivity index (χ4n) is 4.44. The minimum Gasteiger partial charge on any atom is -0.495 e. The number of piperazine rings is 1. The zero-order valence-corrected chi connectivity index (χ0v) is 20.6. The Labute approximate surface area is 208 Å². The molecule has 0 spiro atoms. The van der Waals surface area contributed by atoms with E-state index in [2.05, 4.69) is 56.4 Å². The number of nitrogens with zero attached hydrogens (tertiary/aromatic N) is 6. The van der Waals surface area contributed by atoms with Crippen LogP contribution in [-0.4, -0.2) is 58.4 Å². The topological polar surface area (TPSA) is 97.0 Å². The lowest BCUT2D eigenvalue weighted by atomic mass is 10.2. The van der Waals surface area contributed by atoms with Crippen molar-refractivity contribution < 1.29 is 9.53 Å². The Morgan fingerprint density at radius 3 is 2.42 bits per heavy atom. The number of methoxy groups -OCH3 is 1. The first-order valence-corrected chi connectivity index (χ1v) is 11.9. The number of hydrogen-bond acceptors (Lipinski definition) is 7. The van der Waals surface area contributed by atoms with Crippen molar-refractivity contribution in [2.24, 2.45) is 0 Å². The Balaban J connectivity index is 1.33. The number of anilines is 3. The first kappa shape index (κ1) is 23.4. The Bertz CT molecular complexity index is 1450. The van der Waals surface area contributed by atoms with Gasteiger partial charge < -0.3 is 19.9 Å². The maximum Gasteiger partial charge on any atom is 0.350 e. The number of carbonyl (C=O) groups excluding carboxylic acids is 1. The third-order valence-electron chi connectivity index (χ3n) is 6.38. The molecular formula is C26H29N7O3. The van der Waals surface area contributed by atoms with E-state index in [1.165, 1.54) is 20.3 Å². The second-order valence-electron chi connectivity index (χ2n) is 8.95. The van der Waals surface area contributed by atoms with Crippen molar-refractivity contribution in [1.82, 2.24) is 19.2 Å². The number of aryl methyl sites for hydroxylation is 2. The van der Waals surface area contributed by atoms with Crippen LogP contribution in [0.15, 0.2) is 59.7 Å². The summed E-state index contributed by atoms with van der Waals surface area (Å²) in [6, 6.07) is 14.0. The van der Waals surface area contributed by atoms with Crippen molar-refractivity contribution in [2.45, 2.75) is 20.4 Å². The molecule has 1 fully saturated rings. The molecule has 10 heteroatoms. The summed E-state index contributed by atoms with van der Waals surface area (Å²) >= 11 is 0. The van der Waals surface area contributed by atoms with Crippen LogP contribution in [0.4, 0.5) is 17.2 Å². The van der Waals surface area contributed by atoms with E-state index < -0.39 is 5.69 Å². The molecule has 1 saturated heterocycles. The number of nitrogens with one attached hydrogen (secondary N) is 1. The minimum absolute atomic E-state index is 0.224. The molecule has 10 nitrogen and oxygen atoms in total. The zero-order chi connectivity index (χ0) is 25.2. The predicted octanol–water partition coefficient (Wildman–Crippen LogP) is 2.48. The van der Waals surface area contributed by atoms with Crippen LogP contribution in [-0.2, 0) is 11.3 Å². The van der Waals surface area contributed by atoms with E-state index in [1.807, 2.05) is 19.1 Å². The fraction of sp³-hybridized carbons (Fsp3) is 0.308. The lowest BCUT2D eigenvalue weighted by Gasteiger charge is -2.36. The second-order valence-corrected chi connectivity index (χ2v) is 8.95. The molecule has 186 valence electrons. The van der Waals surface area contributed by atoms with E-state index in [0.29, 0.717) is 22.9 Å². The Morgan fingerprint density at radius 1 is 1.00 bits per heavy atom. The maximum atomic E-state index is 13.0. The molecule has 36 heavy (non-hydrogen) atoms. The summed E-state index contributed by atoms with van der Waals surface area (Å²) in [4.78, 5) is 34.8. The van der Waals surface area contributed by atoms with E-state index >= 15 is 0 Å². The molecule has 0 saturated carbocycles. The zero-order valence-electron chi connectivity index (χ0n) is 20.6. The normalized spacial score (nSPS) is 13.8. The monoisotopic (exact) mass is 487 g/mol. The number of aromatic nitrogens is 4. The number of rotatable bonds is 6.